The van der Waals surface area contributed by atoms with Gasteiger partial charge < -0.3 is 10.1 Å². The van der Waals surface area contributed by atoms with Gasteiger partial charge in [-0.1, -0.05) is 0 Å². The summed E-state index contributed by atoms with van der Waals surface area (Å²) in [6.45, 7) is 6.43. The highest BCUT2D eigenvalue weighted by atomic mass is 16.5. The van der Waals surface area contributed by atoms with Crippen LogP contribution in [0.4, 0.5) is 0 Å². The van der Waals surface area contributed by atoms with E-state index in [1.807, 2.05) is 6.92 Å². The summed E-state index contributed by atoms with van der Waals surface area (Å²) in [7, 11) is 0. The van der Waals surface area contributed by atoms with Crippen LogP contribution in [0.1, 0.15) is 46.0 Å². The Morgan fingerprint density at radius 1 is 1.37 bits per heavy atom. The molecule has 0 spiro atoms. The van der Waals surface area contributed by atoms with Gasteiger partial charge in [-0.3, -0.25) is 4.90 Å². The predicted molar refractivity (Wildman–Crippen MR) is 73.9 cm³/mol. The summed E-state index contributed by atoms with van der Waals surface area (Å²) in [4.78, 5) is 14.9. The Labute approximate surface area is 115 Å². The summed E-state index contributed by atoms with van der Waals surface area (Å²) in [6.07, 6.45) is 6.12. The molecular weight excluding hydrogens is 240 g/mol. The number of carbonyl (C=O) groups is 1. The molecule has 4 nitrogen and oxygen atoms in total. The fourth-order valence-electron chi connectivity index (χ4n) is 3.33. The third-order valence-electron chi connectivity index (χ3n) is 4.77. The van der Waals surface area contributed by atoms with E-state index in [2.05, 4.69) is 17.1 Å². The lowest BCUT2D eigenvalue weighted by atomic mass is 9.96. The number of rotatable bonds is 6. The topological polar surface area (TPSA) is 41.6 Å². The molecule has 2 aliphatic carbocycles. The van der Waals surface area contributed by atoms with Crippen LogP contribution in [0.25, 0.3) is 0 Å². The first-order valence-electron chi connectivity index (χ1n) is 7.82. The molecule has 1 saturated heterocycles. The number of nitrogens with one attached hydrogen (secondary N) is 1. The smallest absolute Gasteiger partial charge is 0.327 e. The molecule has 1 N–H and O–H groups in total. The van der Waals surface area contributed by atoms with Crippen molar-refractivity contribution >= 4 is 5.97 Å². The normalized spacial score (nSPS) is 35.6. The summed E-state index contributed by atoms with van der Waals surface area (Å²) in [5.74, 6) is 0.752. The van der Waals surface area contributed by atoms with Crippen LogP contribution in [0.5, 0.6) is 0 Å². The van der Waals surface area contributed by atoms with E-state index in [-0.39, 0.29) is 5.97 Å². The molecule has 1 heterocycles. The third-order valence-corrected chi connectivity index (χ3v) is 4.77. The van der Waals surface area contributed by atoms with Crippen LogP contribution in [0, 0.1) is 5.92 Å². The molecule has 3 rings (SSSR count). The maximum absolute atomic E-state index is 12.4. The Hall–Kier alpha value is -0.610. The van der Waals surface area contributed by atoms with Gasteiger partial charge in [0.1, 0.15) is 5.54 Å². The number of hydrogen-bond donors (Lipinski definition) is 1. The molecule has 4 heteroatoms. The first-order valence-corrected chi connectivity index (χ1v) is 7.82. The Morgan fingerprint density at radius 3 is 2.68 bits per heavy atom. The van der Waals surface area contributed by atoms with Crippen LogP contribution in [-0.2, 0) is 9.53 Å². The lowest BCUT2D eigenvalue weighted by Gasteiger charge is -2.28. The van der Waals surface area contributed by atoms with E-state index in [0.717, 1.165) is 25.4 Å². The molecule has 2 saturated carbocycles. The van der Waals surface area contributed by atoms with Gasteiger partial charge in [-0.25, -0.2) is 4.79 Å². The first-order chi connectivity index (χ1) is 9.14. The van der Waals surface area contributed by atoms with Gasteiger partial charge >= 0.3 is 5.97 Å². The molecular formula is C15H26N2O2. The van der Waals surface area contributed by atoms with E-state index in [1.54, 1.807) is 0 Å². The zero-order valence-corrected chi connectivity index (χ0v) is 12.2. The largest absolute Gasteiger partial charge is 0.465 e. The number of likely N-dealkylation sites (tertiary alicyclic amines) is 1. The molecule has 0 aromatic carbocycles. The number of esters is 1. The second-order valence-corrected chi connectivity index (χ2v) is 6.58. The maximum Gasteiger partial charge on any atom is 0.327 e. The van der Waals surface area contributed by atoms with Gasteiger partial charge in [0.15, 0.2) is 0 Å². The van der Waals surface area contributed by atoms with Crippen molar-refractivity contribution < 1.29 is 9.53 Å². The van der Waals surface area contributed by atoms with Crippen molar-refractivity contribution in [2.24, 2.45) is 5.92 Å². The molecule has 108 valence electrons. The highest BCUT2D eigenvalue weighted by Crippen LogP contribution is 2.38. The zero-order valence-electron chi connectivity index (χ0n) is 12.2. The fraction of sp³-hybridized carbons (Fsp3) is 0.933. The lowest BCUT2D eigenvalue weighted by Crippen LogP contribution is -2.55. The standard InChI is InChI=1S/C15H26N2O2/c1-3-19-14(18)15(16-9-12-4-5-12)8-11(2)17(10-15)13-6-7-13/h11-13,16H,3-10H2,1-2H3. The molecule has 3 aliphatic rings. The van der Waals surface area contributed by atoms with Crippen LogP contribution >= 0.6 is 0 Å². The maximum atomic E-state index is 12.4. The minimum absolute atomic E-state index is 0.0364. The van der Waals surface area contributed by atoms with Crippen LogP contribution in [0.2, 0.25) is 0 Å². The molecule has 1 aliphatic heterocycles. The highest BCUT2D eigenvalue weighted by molar-refractivity contribution is 5.82. The molecule has 3 fully saturated rings. The molecule has 0 aromatic heterocycles. The summed E-state index contributed by atoms with van der Waals surface area (Å²) < 4.78 is 5.35. The van der Waals surface area contributed by atoms with Crippen molar-refractivity contribution in [2.45, 2.75) is 63.6 Å². The van der Waals surface area contributed by atoms with E-state index in [0.29, 0.717) is 18.7 Å². The molecule has 0 radical (unpaired) electrons. The van der Waals surface area contributed by atoms with Crippen molar-refractivity contribution in [1.82, 2.24) is 10.2 Å². The van der Waals surface area contributed by atoms with Gasteiger partial charge in [0.25, 0.3) is 0 Å². The van der Waals surface area contributed by atoms with Gasteiger partial charge in [0.2, 0.25) is 0 Å². The average molecular weight is 266 g/mol. The van der Waals surface area contributed by atoms with Gasteiger partial charge in [-0.05, 0) is 58.4 Å². The lowest BCUT2D eigenvalue weighted by molar-refractivity contribution is -0.150. The van der Waals surface area contributed by atoms with Gasteiger partial charge in [-0.15, -0.1) is 0 Å². The number of ether oxygens (including phenoxy) is 1. The Balaban J connectivity index is 1.69. The van der Waals surface area contributed by atoms with Crippen molar-refractivity contribution in [3.63, 3.8) is 0 Å². The fourth-order valence-corrected chi connectivity index (χ4v) is 3.33. The quantitative estimate of drug-likeness (QED) is 0.741. The predicted octanol–water partition coefficient (Wildman–Crippen LogP) is 1.54. The molecule has 0 amide bonds. The minimum Gasteiger partial charge on any atom is -0.465 e. The van der Waals surface area contributed by atoms with Gasteiger partial charge in [0.05, 0.1) is 6.61 Å². The van der Waals surface area contributed by atoms with E-state index in [9.17, 15) is 4.79 Å². The van der Waals surface area contributed by atoms with Crippen molar-refractivity contribution in [1.29, 1.82) is 0 Å². The monoisotopic (exact) mass is 266 g/mol. The second-order valence-electron chi connectivity index (χ2n) is 6.58. The summed E-state index contributed by atoms with van der Waals surface area (Å²) in [5, 5.41) is 3.57. The van der Waals surface area contributed by atoms with Crippen LogP contribution < -0.4 is 5.32 Å². The first kappa shape index (κ1) is 13.4. The van der Waals surface area contributed by atoms with Crippen molar-refractivity contribution in [2.75, 3.05) is 19.7 Å². The van der Waals surface area contributed by atoms with Crippen LogP contribution in [0.15, 0.2) is 0 Å². The molecule has 0 aromatic rings. The highest BCUT2D eigenvalue weighted by Gasteiger charge is 2.52. The molecule has 0 bridgehead atoms. The summed E-state index contributed by atoms with van der Waals surface area (Å²) >= 11 is 0. The van der Waals surface area contributed by atoms with E-state index in [1.165, 1.54) is 25.7 Å². The number of nitrogens with zero attached hydrogens (tertiary/aromatic N) is 1. The van der Waals surface area contributed by atoms with E-state index >= 15 is 0 Å². The van der Waals surface area contributed by atoms with Crippen LogP contribution in [0.3, 0.4) is 0 Å². The summed E-state index contributed by atoms with van der Waals surface area (Å²) in [6, 6.07) is 1.21. The third kappa shape index (κ3) is 2.79. The van der Waals surface area contributed by atoms with Crippen LogP contribution in [-0.4, -0.2) is 48.2 Å². The molecule has 2 unspecified atom stereocenters. The average Bonchev–Trinajstić information content (AvgIpc) is 3.27. The zero-order chi connectivity index (χ0) is 13.5. The van der Waals surface area contributed by atoms with Crippen molar-refractivity contribution in [3.05, 3.63) is 0 Å². The Kier molecular flexibility index (Phi) is 3.56. The number of hydrogen-bond acceptors (Lipinski definition) is 4. The van der Waals surface area contributed by atoms with Crippen molar-refractivity contribution in [3.8, 4) is 0 Å². The number of carbonyl (C=O) groups excluding carboxylic acids is 1. The SMILES string of the molecule is CCOC(=O)C1(NCC2CC2)CC(C)N(C2CC2)C1. The summed E-state index contributed by atoms with van der Waals surface area (Å²) in [5.41, 5.74) is -0.444. The second kappa shape index (κ2) is 5.06. The Morgan fingerprint density at radius 2 is 2.11 bits per heavy atom. The van der Waals surface area contributed by atoms with E-state index < -0.39 is 5.54 Å². The van der Waals surface area contributed by atoms with Gasteiger partial charge in [-0.2, -0.15) is 0 Å². The van der Waals surface area contributed by atoms with Gasteiger partial charge in [0, 0.05) is 18.6 Å². The molecule has 19 heavy (non-hydrogen) atoms. The van der Waals surface area contributed by atoms with E-state index in [4.69, 9.17) is 4.74 Å². The molecule has 2 atom stereocenters. The Bertz CT molecular complexity index is 352. The minimum atomic E-state index is -0.444.